The summed E-state index contributed by atoms with van der Waals surface area (Å²) in [6, 6.07) is 5.23. The fourth-order valence-electron chi connectivity index (χ4n) is 3.15. The van der Waals surface area contributed by atoms with Crippen molar-refractivity contribution in [2.24, 2.45) is 5.92 Å². The molecule has 1 N–H and O–H groups in total. The predicted molar refractivity (Wildman–Crippen MR) is 119 cm³/mol. The predicted octanol–water partition coefficient (Wildman–Crippen LogP) is 8.45. The number of nitrogens with one attached hydrogen (secondary N) is 1. The Morgan fingerprint density at radius 2 is 1.67 bits per heavy atom. The Kier molecular flexibility index (Phi) is 7.68. The Hall–Kier alpha value is -1.42. The van der Waals surface area contributed by atoms with Gasteiger partial charge < -0.3 is 5.32 Å². The minimum atomic E-state index is -4.66. The normalized spacial score (nSPS) is 19.6. The molecule has 0 spiro atoms. The molecule has 178 valence electrons. The molecule has 0 aromatic heterocycles. The van der Waals surface area contributed by atoms with E-state index in [2.05, 4.69) is 21.2 Å². The van der Waals surface area contributed by atoms with E-state index in [4.69, 9.17) is 34.8 Å². The highest BCUT2D eigenvalue weighted by Gasteiger charge is 2.56. The van der Waals surface area contributed by atoms with Gasteiger partial charge in [0.1, 0.15) is 0 Å². The van der Waals surface area contributed by atoms with Crippen molar-refractivity contribution in [3.8, 4) is 0 Å². The SMILES string of the molecule is O=C(NC1CC1C(F)(F)F)c1ccc(/C=C/C(c2cc(Cl)c(Cl)c(Cl)c2)C(F)(F)F)cc1Br. The van der Waals surface area contributed by atoms with Crippen LogP contribution in [0.4, 0.5) is 26.3 Å². The van der Waals surface area contributed by atoms with Crippen molar-refractivity contribution in [1.82, 2.24) is 5.32 Å². The van der Waals surface area contributed by atoms with Crippen LogP contribution in [0.1, 0.15) is 33.8 Å². The van der Waals surface area contributed by atoms with Crippen LogP contribution in [-0.4, -0.2) is 24.3 Å². The fourth-order valence-corrected chi connectivity index (χ4v) is 4.34. The van der Waals surface area contributed by atoms with Crippen LogP contribution in [0.3, 0.4) is 0 Å². The molecule has 12 heteroatoms. The molecular formula is C21H13BrCl3F6NO. The van der Waals surface area contributed by atoms with Crippen LogP contribution in [0.2, 0.25) is 15.1 Å². The first-order valence-electron chi connectivity index (χ1n) is 9.25. The van der Waals surface area contributed by atoms with Gasteiger partial charge in [0.15, 0.2) is 0 Å². The molecule has 0 heterocycles. The average molecular weight is 596 g/mol. The third-order valence-corrected chi connectivity index (χ3v) is 6.82. The van der Waals surface area contributed by atoms with Gasteiger partial charge in [-0.2, -0.15) is 26.3 Å². The van der Waals surface area contributed by atoms with Crippen molar-refractivity contribution in [3.63, 3.8) is 0 Å². The van der Waals surface area contributed by atoms with Crippen LogP contribution >= 0.6 is 50.7 Å². The van der Waals surface area contributed by atoms with Gasteiger partial charge in [-0.1, -0.05) is 53.0 Å². The molecule has 1 saturated carbocycles. The zero-order chi connectivity index (χ0) is 24.7. The van der Waals surface area contributed by atoms with Crippen molar-refractivity contribution in [1.29, 1.82) is 0 Å². The summed E-state index contributed by atoms with van der Waals surface area (Å²) in [6.45, 7) is 0. The highest BCUT2D eigenvalue weighted by atomic mass is 79.9. The van der Waals surface area contributed by atoms with E-state index in [-0.39, 0.29) is 37.1 Å². The summed E-state index contributed by atoms with van der Waals surface area (Å²) in [5.74, 6) is -4.33. The van der Waals surface area contributed by atoms with Crippen LogP contribution in [-0.2, 0) is 0 Å². The fraction of sp³-hybridized carbons (Fsp3) is 0.286. The smallest absolute Gasteiger partial charge is 0.349 e. The van der Waals surface area contributed by atoms with Crippen molar-refractivity contribution < 1.29 is 31.1 Å². The molecule has 3 atom stereocenters. The third-order valence-electron chi connectivity index (χ3n) is 4.96. The second-order valence-corrected chi connectivity index (χ2v) is 9.43. The number of halogens is 10. The van der Waals surface area contributed by atoms with Gasteiger partial charge in [-0.25, -0.2) is 0 Å². The molecule has 1 aliphatic rings. The monoisotopic (exact) mass is 593 g/mol. The van der Waals surface area contributed by atoms with Crippen molar-refractivity contribution in [2.45, 2.75) is 30.7 Å². The Balaban J connectivity index is 1.78. The van der Waals surface area contributed by atoms with Crippen LogP contribution in [0.25, 0.3) is 6.08 Å². The average Bonchev–Trinajstić information content (AvgIpc) is 3.44. The van der Waals surface area contributed by atoms with Gasteiger partial charge in [-0.15, -0.1) is 0 Å². The number of amides is 1. The Morgan fingerprint density at radius 3 is 2.15 bits per heavy atom. The molecule has 1 aliphatic carbocycles. The highest BCUT2D eigenvalue weighted by Crippen LogP contribution is 2.45. The molecule has 2 nitrogen and oxygen atoms in total. The summed E-state index contributed by atoms with van der Waals surface area (Å²) in [4.78, 5) is 12.3. The second-order valence-electron chi connectivity index (χ2n) is 7.38. The van der Waals surface area contributed by atoms with E-state index in [0.717, 1.165) is 18.2 Å². The highest BCUT2D eigenvalue weighted by molar-refractivity contribution is 9.10. The van der Waals surface area contributed by atoms with E-state index in [1.165, 1.54) is 24.3 Å². The van der Waals surface area contributed by atoms with E-state index < -0.39 is 36.1 Å². The quantitative estimate of drug-likeness (QED) is 0.273. The Labute approximate surface area is 208 Å². The van der Waals surface area contributed by atoms with Crippen LogP contribution in [0.5, 0.6) is 0 Å². The molecule has 0 saturated heterocycles. The Morgan fingerprint density at radius 1 is 1.06 bits per heavy atom. The minimum Gasteiger partial charge on any atom is -0.349 e. The van der Waals surface area contributed by atoms with Gasteiger partial charge in [0.25, 0.3) is 5.91 Å². The summed E-state index contributed by atoms with van der Waals surface area (Å²) in [5.41, 5.74) is 0.166. The maximum Gasteiger partial charge on any atom is 0.399 e. The lowest BCUT2D eigenvalue weighted by atomic mass is 9.97. The minimum absolute atomic E-state index is 0.0578. The number of rotatable bonds is 5. The summed E-state index contributed by atoms with van der Waals surface area (Å²) >= 11 is 20.7. The summed E-state index contributed by atoms with van der Waals surface area (Å²) in [5, 5.41) is 2.00. The number of allylic oxidation sites excluding steroid dienone is 1. The summed E-state index contributed by atoms with van der Waals surface area (Å²) in [7, 11) is 0. The van der Waals surface area contributed by atoms with Gasteiger partial charge in [0.2, 0.25) is 0 Å². The van der Waals surface area contributed by atoms with Crippen LogP contribution in [0, 0.1) is 5.92 Å². The van der Waals surface area contributed by atoms with E-state index in [0.29, 0.717) is 5.56 Å². The number of hydrogen-bond acceptors (Lipinski definition) is 1. The number of hydrogen-bond donors (Lipinski definition) is 1. The van der Waals surface area contributed by atoms with Gasteiger partial charge in [0, 0.05) is 10.5 Å². The molecule has 0 bridgehead atoms. The van der Waals surface area contributed by atoms with Gasteiger partial charge in [-0.05, 0) is 57.7 Å². The van der Waals surface area contributed by atoms with Crippen molar-refractivity contribution >= 4 is 62.7 Å². The Bertz CT molecular complexity index is 1080. The maximum atomic E-state index is 13.7. The van der Waals surface area contributed by atoms with Crippen LogP contribution in [0.15, 0.2) is 40.9 Å². The molecule has 3 unspecified atom stereocenters. The zero-order valence-electron chi connectivity index (χ0n) is 16.2. The number of alkyl halides is 6. The standard InChI is InChI=1S/C21H13BrCl3F6NO/c22-14-5-9(1-3-11(14)19(33)32-17-8-13(17)21(29,30)31)2-4-12(20(26,27)28)10-6-15(23)18(25)16(24)7-10/h1-7,12-13,17H,8H2,(H,32,33)/b4-2+. The lowest BCUT2D eigenvalue weighted by molar-refractivity contribution is -0.148. The molecule has 2 aromatic rings. The largest absolute Gasteiger partial charge is 0.399 e. The lowest BCUT2D eigenvalue weighted by Crippen LogP contribution is -2.30. The first-order valence-corrected chi connectivity index (χ1v) is 11.2. The van der Waals surface area contributed by atoms with E-state index in [9.17, 15) is 31.1 Å². The molecule has 3 rings (SSSR count). The molecule has 33 heavy (non-hydrogen) atoms. The molecule has 0 aliphatic heterocycles. The summed E-state index contributed by atoms with van der Waals surface area (Å²) in [6.07, 6.45) is -7.13. The lowest BCUT2D eigenvalue weighted by Gasteiger charge is -2.18. The van der Waals surface area contributed by atoms with Gasteiger partial charge >= 0.3 is 12.4 Å². The first-order chi connectivity index (χ1) is 15.2. The second kappa shape index (κ2) is 9.68. The molecule has 1 fully saturated rings. The number of carbonyl (C=O) groups is 1. The summed E-state index contributed by atoms with van der Waals surface area (Å²) < 4.78 is 79.1. The van der Waals surface area contributed by atoms with E-state index in [1.807, 2.05) is 0 Å². The topological polar surface area (TPSA) is 29.1 Å². The molecule has 0 radical (unpaired) electrons. The van der Waals surface area contributed by atoms with E-state index >= 15 is 0 Å². The van der Waals surface area contributed by atoms with Gasteiger partial charge in [-0.3, -0.25) is 4.79 Å². The third kappa shape index (κ3) is 6.38. The zero-order valence-corrected chi connectivity index (χ0v) is 20.0. The first kappa shape index (κ1) is 26.2. The van der Waals surface area contributed by atoms with Crippen molar-refractivity contribution in [2.75, 3.05) is 0 Å². The maximum absolute atomic E-state index is 13.7. The number of carbonyl (C=O) groups excluding carboxylic acids is 1. The number of benzene rings is 2. The van der Waals surface area contributed by atoms with Crippen molar-refractivity contribution in [3.05, 3.63) is 72.6 Å². The molecule has 2 aromatic carbocycles. The molecular weight excluding hydrogens is 582 g/mol. The van der Waals surface area contributed by atoms with Gasteiger partial charge in [0.05, 0.1) is 32.5 Å². The van der Waals surface area contributed by atoms with Crippen LogP contribution < -0.4 is 5.32 Å². The molecule has 1 amide bonds. The van der Waals surface area contributed by atoms with E-state index in [1.54, 1.807) is 0 Å².